The minimum Gasteiger partial charge on any atom is -0.548 e. The van der Waals surface area contributed by atoms with E-state index in [1.54, 1.807) is 0 Å². The standard InChI is InChI=1S/C18H18N8O7S3.C8H11NO5S.2Na/c1-25-18(22-12(28)13(29)23-25)36-4-6-3-34-15-9(14(30)26(15)10(6)16(31)32)21-11(27)8(24-33-2)7-5-35-17(19)20-7;1-8(2)6(7(11)12)9-4(10)3-5(9)15(8,13)14;;/h5,9,15H,3-4H2,1-2H3,(H2,19,20)(H,21,27)(H,23,29)(H,31,32);5-6H,3H2,1-2H3,(H,11,12);;/q;;2*+1/p-2/b24-8-;;;/t9-,15-;5-,6+;;/m11../s1. The van der Waals surface area contributed by atoms with E-state index in [1.807, 2.05) is 0 Å². The number of thiazole rings is 1. The molecule has 0 spiro atoms. The first kappa shape index (κ1) is 44.6. The van der Waals surface area contributed by atoms with Gasteiger partial charge in [-0.2, -0.15) is 4.98 Å². The van der Waals surface area contributed by atoms with Crippen LogP contribution in [0.15, 0.2) is 36.6 Å². The number of carbonyl (C=O) groups is 5. The number of oxime groups is 1. The zero-order chi connectivity index (χ0) is 37.7. The number of β-lactam (4-membered cyclic amide) rings is 2. The fraction of sp³-hybridized carbons (Fsp3) is 0.462. The van der Waals surface area contributed by atoms with Crippen molar-refractivity contribution < 1.29 is 107 Å². The van der Waals surface area contributed by atoms with Crippen LogP contribution in [-0.2, 0) is 45.7 Å². The third-order valence-electron chi connectivity index (χ3n) is 8.21. The van der Waals surface area contributed by atoms with Crippen LogP contribution in [0, 0.1) is 0 Å². The summed E-state index contributed by atoms with van der Waals surface area (Å²) in [4.78, 5) is 96.9. The third-order valence-corrected chi connectivity index (χ3v) is 14.1. The van der Waals surface area contributed by atoms with Crippen LogP contribution in [0.25, 0.3) is 0 Å². The van der Waals surface area contributed by atoms with Crippen molar-refractivity contribution >= 4 is 85.2 Å². The molecule has 21 nitrogen and oxygen atoms in total. The number of H-pyrrole nitrogens is 1. The van der Waals surface area contributed by atoms with Crippen LogP contribution in [0.4, 0.5) is 5.13 Å². The first-order chi connectivity index (χ1) is 23.8. The molecule has 53 heavy (non-hydrogen) atoms. The average molecular weight is 832 g/mol. The van der Waals surface area contributed by atoms with Crippen LogP contribution in [0.2, 0.25) is 0 Å². The number of anilines is 1. The number of aryl methyl sites for hydroxylation is 1. The van der Waals surface area contributed by atoms with E-state index < -0.39 is 78.2 Å². The first-order valence-electron chi connectivity index (χ1n) is 14.4. The minimum atomic E-state index is -3.61. The summed E-state index contributed by atoms with van der Waals surface area (Å²) in [5.41, 5.74) is 3.77. The molecule has 4 aliphatic heterocycles. The SMILES string of the molecule is CC1(C)[C@H](C(=O)[O-])N2C(=O)C[C@H]2S1(=O)=O.CO/N=C(\C(=O)N[C@@H]1C(=O)N2C(C(=O)[O-])=C(CSc3nc(=O)c(=O)[nH]n3C)CS[C@H]12)c1csc(N)n1.[Na+].[Na+]. The number of nitrogens with two attached hydrogens (primary N) is 1. The summed E-state index contributed by atoms with van der Waals surface area (Å²) in [5, 5.41) is 31.5. The van der Waals surface area contributed by atoms with Crippen LogP contribution >= 0.6 is 34.9 Å². The topological polar surface area (TPSA) is 312 Å². The Kier molecular flexibility index (Phi) is 14.3. The Morgan fingerprint density at radius 3 is 2.38 bits per heavy atom. The molecule has 3 saturated heterocycles. The molecule has 27 heteroatoms. The number of carbonyl (C=O) groups excluding carboxylic acids is 5. The second kappa shape index (κ2) is 16.9. The molecule has 2 aromatic heterocycles. The Hall–Kier alpha value is -2.75. The number of nitrogens with one attached hydrogen (secondary N) is 2. The number of carboxylic acids is 2. The predicted octanol–water partition coefficient (Wildman–Crippen LogP) is -11.1. The Bertz CT molecular complexity index is 2150. The summed E-state index contributed by atoms with van der Waals surface area (Å²) in [5.74, 6) is -4.64. The number of amides is 3. The van der Waals surface area contributed by atoms with E-state index in [0.29, 0.717) is 5.57 Å². The quantitative estimate of drug-likeness (QED) is 0.0528. The van der Waals surface area contributed by atoms with Crippen LogP contribution in [0.3, 0.4) is 0 Å². The zero-order valence-electron chi connectivity index (χ0n) is 28.8. The van der Waals surface area contributed by atoms with Crippen molar-refractivity contribution in [1.82, 2.24) is 34.9 Å². The Morgan fingerprint density at radius 2 is 1.85 bits per heavy atom. The van der Waals surface area contributed by atoms with Crippen molar-refractivity contribution in [2.75, 3.05) is 24.3 Å². The summed E-state index contributed by atoms with van der Waals surface area (Å²) in [7, 11) is -0.890. The van der Waals surface area contributed by atoms with Crippen LogP contribution in [-0.4, -0.2) is 120 Å². The Morgan fingerprint density at radius 1 is 1.19 bits per heavy atom. The van der Waals surface area contributed by atoms with Gasteiger partial charge >= 0.3 is 70.2 Å². The van der Waals surface area contributed by atoms with Crippen LogP contribution in [0.5, 0.6) is 0 Å². The van der Waals surface area contributed by atoms with Gasteiger partial charge in [-0.3, -0.25) is 38.7 Å². The number of aromatic nitrogens is 4. The fourth-order valence-corrected chi connectivity index (χ4v) is 10.7. The second-order valence-corrected chi connectivity index (χ2v) is 17.2. The number of thioether (sulfide) groups is 2. The number of nitrogens with zero attached hydrogens (tertiary/aromatic N) is 6. The van der Waals surface area contributed by atoms with E-state index in [2.05, 4.69) is 25.5 Å². The first-order valence-corrected chi connectivity index (χ1v) is 18.9. The molecule has 3 fully saturated rings. The molecule has 2 aromatic rings. The van der Waals surface area contributed by atoms with E-state index in [9.17, 15) is 52.2 Å². The smallest absolute Gasteiger partial charge is 0.548 e. The molecular formula is C26H27N9Na2O12S4. The number of fused-ring (bicyclic) bond motifs is 2. The Labute approximate surface area is 356 Å². The monoisotopic (exact) mass is 831 g/mol. The van der Waals surface area contributed by atoms with E-state index >= 15 is 0 Å². The summed E-state index contributed by atoms with van der Waals surface area (Å²) in [6.45, 7) is 2.63. The normalized spacial score (nSPS) is 23.4. The second-order valence-electron chi connectivity index (χ2n) is 11.6. The van der Waals surface area contributed by atoms with Crippen molar-refractivity contribution in [2.45, 2.75) is 53.0 Å². The maximum Gasteiger partial charge on any atom is 1.00 e. The number of rotatable bonds is 9. The molecule has 4 N–H and O–H groups in total. The van der Waals surface area contributed by atoms with Crippen LogP contribution < -0.4 is 91.5 Å². The van der Waals surface area contributed by atoms with E-state index in [1.165, 1.54) is 49.8 Å². The predicted molar refractivity (Wildman–Crippen MR) is 175 cm³/mol. The molecular weight excluding hydrogens is 805 g/mol. The van der Waals surface area contributed by atoms with Crippen LogP contribution in [0.1, 0.15) is 26.0 Å². The number of carboxylic acid groups (broad SMARTS) is 2. The van der Waals surface area contributed by atoms with Gasteiger partial charge in [-0.1, -0.05) is 16.9 Å². The molecule has 0 aliphatic carbocycles. The van der Waals surface area contributed by atoms with Gasteiger partial charge in [0.05, 0.1) is 34.8 Å². The molecule has 0 aromatic carbocycles. The molecule has 6 heterocycles. The molecule has 4 aliphatic rings. The number of aromatic amines is 1. The number of aliphatic carboxylic acids is 2. The van der Waals surface area contributed by atoms with E-state index in [0.717, 1.165) is 32.9 Å². The summed E-state index contributed by atoms with van der Waals surface area (Å²) < 4.78 is 23.5. The van der Waals surface area contributed by atoms with Crippen molar-refractivity contribution in [3.63, 3.8) is 0 Å². The summed E-state index contributed by atoms with van der Waals surface area (Å²) in [6, 6.07) is -2.39. The minimum absolute atomic E-state index is 0. The van der Waals surface area contributed by atoms with Gasteiger partial charge in [0.2, 0.25) is 5.91 Å². The van der Waals surface area contributed by atoms with Crippen molar-refractivity contribution in [3.8, 4) is 0 Å². The van der Waals surface area contributed by atoms with Gasteiger partial charge in [-0.25, -0.2) is 13.4 Å². The molecule has 0 unspecified atom stereocenters. The third kappa shape index (κ3) is 8.14. The largest absolute Gasteiger partial charge is 1.00 e. The summed E-state index contributed by atoms with van der Waals surface area (Å²) in [6.07, 6.45) is -0.116. The molecule has 3 amide bonds. The number of nitrogen functional groups attached to an aromatic ring is 1. The van der Waals surface area contributed by atoms with Gasteiger partial charge in [0, 0.05) is 23.9 Å². The number of sulfone groups is 1. The van der Waals surface area contributed by atoms with E-state index in [-0.39, 0.29) is 104 Å². The average Bonchev–Trinajstić information content (AvgIpc) is 3.53. The Balaban J connectivity index is 0.000000373. The molecule has 0 radical (unpaired) electrons. The van der Waals surface area contributed by atoms with Gasteiger partial charge in [0.25, 0.3) is 11.8 Å². The van der Waals surface area contributed by atoms with Crippen molar-refractivity contribution in [1.29, 1.82) is 0 Å². The number of hydrogen-bond donors (Lipinski definition) is 3. The van der Waals surface area contributed by atoms with Gasteiger partial charge in [0.1, 0.15) is 29.6 Å². The molecule has 274 valence electrons. The summed E-state index contributed by atoms with van der Waals surface area (Å²) >= 11 is 3.35. The maximum atomic E-state index is 12.9. The number of hydrogen-bond acceptors (Lipinski definition) is 19. The van der Waals surface area contributed by atoms with Gasteiger partial charge in [-0.15, -0.1) is 23.1 Å². The molecule has 0 bridgehead atoms. The maximum absolute atomic E-state index is 12.9. The molecule has 6 rings (SSSR count). The van der Waals surface area contributed by atoms with Gasteiger partial charge in [0.15, 0.2) is 25.8 Å². The van der Waals surface area contributed by atoms with Crippen molar-refractivity contribution in [2.24, 2.45) is 12.2 Å². The zero-order valence-corrected chi connectivity index (χ0v) is 36.1. The van der Waals surface area contributed by atoms with Crippen molar-refractivity contribution in [3.05, 3.63) is 43.1 Å². The van der Waals surface area contributed by atoms with Gasteiger partial charge in [-0.05, 0) is 19.4 Å². The van der Waals surface area contributed by atoms with E-state index in [4.69, 9.17) is 10.6 Å². The molecule has 4 atom stereocenters. The fourth-order valence-electron chi connectivity index (χ4n) is 5.64. The van der Waals surface area contributed by atoms with Gasteiger partial charge < -0.3 is 40.6 Å². The molecule has 0 saturated carbocycles.